The zero-order valence-corrected chi connectivity index (χ0v) is 8.61. The zero-order valence-electron chi connectivity index (χ0n) is 8.61. The van der Waals surface area contributed by atoms with E-state index in [4.69, 9.17) is 10.2 Å². The molecule has 1 aliphatic carbocycles. The molecule has 86 valence electrons. The van der Waals surface area contributed by atoms with Gasteiger partial charge in [-0.25, -0.2) is 0 Å². The number of carbonyl (C=O) groups is 2. The van der Waals surface area contributed by atoms with Crippen LogP contribution < -0.4 is 5.32 Å². The molecule has 0 radical (unpaired) electrons. The standard InChI is InChI=1S/C10H17NO4/c12-8-4-7(5-8)6-11-9(13)2-1-3-10(14)15/h7-8,12H,1-6H2,(H,11,13)(H,14,15). The smallest absolute Gasteiger partial charge is 0.303 e. The lowest BCUT2D eigenvalue weighted by Crippen LogP contribution is -2.38. The first-order valence-electron chi connectivity index (χ1n) is 5.24. The molecule has 0 bridgehead atoms. The summed E-state index contributed by atoms with van der Waals surface area (Å²) in [6.07, 6.45) is 2.01. The molecule has 1 rings (SSSR count). The molecule has 5 nitrogen and oxygen atoms in total. The van der Waals surface area contributed by atoms with E-state index in [9.17, 15) is 9.59 Å². The van der Waals surface area contributed by atoms with E-state index in [1.165, 1.54) is 0 Å². The Morgan fingerprint density at radius 1 is 1.27 bits per heavy atom. The molecular formula is C10H17NO4. The molecule has 0 aromatic rings. The van der Waals surface area contributed by atoms with E-state index >= 15 is 0 Å². The van der Waals surface area contributed by atoms with Crippen molar-refractivity contribution in [3.05, 3.63) is 0 Å². The lowest BCUT2D eigenvalue weighted by molar-refractivity contribution is -0.137. The number of aliphatic hydroxyl groups excluding tert-OH is 1. The number of carboxylic acids is 1. The van der Waals surface area contributed by atoms with Crippen LogP contribution in [0.15, 0.2) is 0 Å². The quantitative estimate of drug-likeness (QED) is 0.587. The summed E-state index contributed by atoms with van der Waals surface area (Å²) in [5.41, 5.74) is 0. The predicted octanol–water partition coefficient (Wildman–Crippen LogP) is 0.128. The molecule has 0 spiro atoms. The molecular weight excluding hydrogens is 198 g/mol. The monoisotopic (exact) mass is 215 g/mol. The molecule has 0 aromatic heterocycles. The Hall–Kier alpha value is -1.10. The van der Waals surface area contributed by atoms with Crippen molar-refractivity contribution < 1.29 is 19.8 Å². The average Bonchev–Trinajstić information content (AvgIpc) is 2.10. The number of aliphatic hydroxyl groups is 1. The highest BCUT2D eigenvalue weighted by atomic mass is 16.4. The first-order chi connectivity index (χ1) is 7.08. The Bertz CT molecular complexity index is 236. The van der Waals surface area contributed by atoms with Crippen molar-refractivity contribution in [2.45, 2.75) is 38.2 Å². The topological polar surface area (TPSA) is 86.6 Å². The van der Waals surface area contributed by atoms with Gasteiger partial charge >= 0.3 is 5.97 Å². The maximum absolute atomic E-state index is 11.2. The van der Waals surface area contributed by atoms with Gasteiger partial charge in [-0.1, -0.05) is 0 Å². The van der Waals surface area contributed by atoms with Crippen LogP contribution in [0.3, 0.4) is 0 Å². The Morgan fingerprint density at radius 3 is 2.47 bits per heavy atom. The van der Waals surface area contributed by atoms with Gasteiger partial charge in [0.1, 0.15) is 0 Å². The molecule has 0 heterocycles. The van der Waals surface area contributed by atoms with Crippen LogP contribution in [0.5, 0.6) is 0 Å². The maximum Gasteiger partial charge on any atom is 0.303 e. The van der Waals surface area contributed by atoms with Gasteiger partial charge in [-0.2, -0.15) is 0 Å². The summed E-state index contributed by atoms with van der Waals surface area (Å²) in [5.74, 6) is -0.578. The summed E-state index contributed by atoms with van der Waals surface area (Å²) in [4.78, 5) is 21.4. The van der Waals surface area contributed by atoms with Gasteiger partial charge in [-0.3, -0.25) is 9.59 Å². The molecule has 0 aliphatic heterocycles. The Balaban J connectivity index is 1.96. The molecule has 1 fully saturated rings. The molecule has 5 heteroatoms. The van der Waals surface area contributed by atoms with Crippen molar-refractivity contribution >= 4 is 11.9 Å². The summed E-state index contributed by atoms with van der Waals surface area (Å²) < 4.78 is 0. The van der Waals surface area contributed by atoms with Crippen LogP contribution in [-0.4, -0.2) is 34.7 Å². The summed E-state index contributed by atoms with van der Waals surface area (Å²) in [6.45, 7) is 0.600. The van der Waals surface area contributed by atoms with Crippen molar-refractivity contribution in [3.8, 4) is 0 Å². The third-order valence-corrected chi connectivity index (χ3v) is 2.59. The second kappa shape index (κ2) is 5.70. The second-order valence-corrected chi connectivity index (χ2v) is 4.04. The molecule has 3 N–H and O–H groups in total. The second-order valence-electron chi connectivity index (χ2n) is 4.04. The fraction of sp³-hybridized carbons (Fsp3) is 0.800. The lowest BCUT2D eigenvalue weighted by Gasteiger charge is -2.31. The zero-order chi connectivity index (χ0) is 11.3. The van der Waals surface area contributed by atoms with E-state index < -0.39 is 5.97 Å². The molecule has 0 atom stereocenters. The van der Waals surface area contributed by atoms with Crippen molar-refractivity contribution in [1.29, 1.82) is 0 Å². The third kappa shape index (κ3) is 4.78. The SMILES string of the molecule is O=C(O)CCCC(=O)NCC1CC(O)C1. The van der Waals surface area contributed by atoms with Gasteiger partial charge in [-0.15, -0.1) is 0 Å². The van der Waals surface area contributed by atoms with Crippen LogP contribution >= 0.6 is 0 Å². The van der Waals surface area contributed by atoms with Crippen molar-refractivity contribution in [2.75, 3.05) is 6.54 Å². The molecule has 0 aromatic carbocycles. The molecule has 15 heavy (non-hydrogen) atoms. The van der Waals surface area contributed by atoms with E-state index in [-0.39, 0.29) is 24.9 Å². The average molecular weight is 215 g/mol. The number of aliphatic carboxylic acids is 1. The van der Waals surface area contributed by atoms with Crippen LogP contribution in [0.25, 0.3) is 0 Å². The summed E-state index contributed by atoms with van der Waals surface area (Å²) in [5, 5.41) is 20.1. The normalized spacial score (nSPS) is 24.3. The lowest BCUT2D eigenvalue weighted by atomic mass is 9.82. The highest BCUT2D eigenvalue weighted by Gasteiger charge is 2.26. The number of nitrogens with one attached hydrogen (secondary N) is 1. The largest absolute Gasteiger partial charge is 0.481 e. The van der Waals surface area contributed by atoms with Gasteiger partial charge in [0, 0.05) is 19.4 Å². The number of carbonyl (C=O) groups excluding carboxylic acids is 1. The minimum absolute atomic E-state index is 0.0373. The maximum atomic E-state index is 11.2. The third-order valence-electron chi connectivity index (χ3n) is 2.59. The van der Waals surface area contributed by atoms with Crippen LogP contribution in [0, 0.1) is 5.92 Å². The van der Waals surface area contributed by atoms with E-state index in [0.29, 0.717) is 18.9 Å². The van der Waals surface area contributed by atoms with Crippen LogP contribution in [0.4, 0.5) is 0 Å². The Labute approximate surface area is 88.5 Å². The van der Waals surface area contributed by atoms with Crippen LogP contribution in [0.1, 0.15) is 32.1 Å². The van der Waals surface area contributed by atoms with Crippen LogP contribution in [-0.2, 0) is 9.59 Å². The first kappa shape index (κ1) is 12.0. The van der Waals surface area contributed by atoms with Crippen molar-refractivity contribution in [1.82, 2.24) is 5.32 Å². The Kier molecular flexibility index (Phi) is 4.55. The van der Waals surface area contributed by atoms with E-state index in [0.717, 1.165) is 12.8 Å². The van der Waals surface area contributed by atoms with Crippen LogP contribution in [0.2, 0.25) is 0 Å². The number of amides is 1. The molecule has 0 unspecified atom stereocenters. The summed E-state index contributed by atoms with van der Waals surface area (Å²) in [6, 6.07) is 0. The highest BCUT2D eigenvalue weighted by Crippen LogP contribution is 2.25. The fourth-order valence-electron chi connectivity index (χ4n) is 1.61. The predicted molar refractivity (Wildman–Crippen MR) is 53.2 cm³/mol. The number of hydrogen-bond acceptors (Lipinski definition) is 3. The van der Waals surface area contributed by atoms with Gasteiger partial charge in [0.15, 0.2) is 0 Å². The number of hydrogen-bond donors (Lipinski definition) is 3. The highest BCUT2D eigenvalue weighted by molar-refractivity contribution is 5.76. The summed E-state index contributed by atoms with van der Waals surface area (Å²) >= 11 is 0. The van der Waals surface area contributed by atoms with Gasteiger partial charge in [0.25, 0.3) is 0 Å². The minimum Gasteiger partial charge on any atom is -0.481 e. The van der Waals surface area contributed by atoms with E-state index in [2.05, 4.69) is 5.32 Å². The van der Waals surface area contributed by atoms with Crippen molar-refractivity contribution in [3.63, 3.8) is 0 Å². The van der Waals surface area contributed by atoms with Gasteiger partial charge in [0.05, 0.1) is 6.10 Å². The van der Waals surface area contributed by atoms with Gasteiger partial charge in [0.2, 0.25) is 5.91 Å². The molecule has 1 aliphatic rings. The summed E-state index contributed by atoms with van der Waals surface area (Å²) in [7, 11) is 0. The molecule has 1 saturated carbocycles. The minimum atomic E-state index is -0.870. The number of rotatable bonds is 6. The van der Waals surface area contributed by atoms with Gasteiger partial charge in [-0.05, 0) is 25.2 Å². The number of carboxylic acid groups (broad SMARTS) is 1. The first-order valence-corrected chi connectivity index (χ1v) is 5.24. The Morgan fingerprint density at radius 2 is 1.93 bits per heavy atom. The van der Waals surface area contributed by atoms with Crippen molar-refractivity contribution in [2.24, 2.45) is 5.92 Å². The molecule has 1 amide bonds. The fourth-order valence-corrected chi connectivity index (χ4v) is 1.61. The van der Waals surface area contributed by atoms with E-state index in [1.54, 1.807) is 0 Å². The van der Waals surface area contributed by atoms with Gasteiger partial charge < -0.3 is 15.5 Å². The van der Waals surface area contributed by atoms with E-state index in [1.807, 2.05) is 0 Å². The molecule has 0 saturated heterocycles.